The van der Waals surface area contributed by atoms with E-state index in [2.05, 4.69) is 11.4 Å². The van der Waals surface area contributed by atoms with Gasteiger partial charge in [0.25, 0.3) is 0 Å². The number of hydrogen-bond acceptors (Lipinski definition) is 3. The maximum Gasteiger partial charge on any atom is 0.242 e. The predicted molar refractivity (Wildman–Crippen MR) is 66.3 cm³/mol. The van der Waals surface area contributed by atoms with Crippen LogP contribution in [-0.2, 0) is 4.79 Å². The molecular formula is C12H18N2OS. The van der Waals surface area contributed by atoms with E-state index in [-0.39, 0.29) is 11.9 Å². The SMILES string of the molecule is CC(C)(N)C(=O)N1CCCC1c1cccs1. The summed E-state index contributed by atoms with van der Waals surface area (Å²) in [6.45, 7) is 4.39. The van der Waals surface area contributed by atoms with Crippen LogP contribution < -0.4 is 5.73 Å². The Morgan fingerprint density at radius 1 is 1.62 bits per heavy atom. The maximum absolute atomic E-state index is 12.2. The molecule has 1 aliphatic heterocycles. The first kappa shape index (κ1) is 11.6. The van der Waals surface area contributed by atoms with Crippen molar-refractivity contribution in [2.75, 3.05) is 6.54 Å². The molecule has 0 aliphatic carbocycles. The van der Waals surface area contributed by atoms with Gasteiger partial charge in [0.15, 0.2) is 0 Å². The van der Waals surface area contributed by atoms with Gasteiger partial charge in [-0.25, -0.2) is 0 Å². The van der Waals surface area contributed by atoms with Crippen molar-refractivity contribution in [2.45, 2.75) is 38.3 Å². The molecule has 0 aromatic carbocycles. The molecule has 1 saturated heterocycles. The lowest BCUT2D eigenvalue weighted by Gasteiger charge is -2.30. The van der Waals surface area contributed by atoms with Crippen LogP contribution in [0.3, 0.4) is 0 Å². The lowest BCUT2D eigenvalue weighted by Crippen LogP contribution is -2.50. The molecule has 16 heavy (non-hydrogen) atoms. The van der Waals surface area contributed by atoms with Gasteiger partial charge >= 0.3 is 0 Å². The van der Waals surface area contributed by atoms with Gasteiger partial charge in [-0.1, -0.05) is 6.07 Å². The van der Waals surface area contributed by atoms with Crippen LogP contribution in [0.4, 0.5) is 0 Å². The molecule has 1 atom stereocenters. The molecule has 0 bridgehead atoms. The number of rotatable bonds is 2. The van der Waals surface area contributed by atoms with Gasteiger partial charge in [0, 0.05) is 11.4 Å². The smallest absolute Gasteiger partial charge is 0.242 e. The Kier molecular flexibility index (Phi) is 3.04. The summed E-state index contributed by atoms with van der Waals surface area (Å²) in [7, 11) is 0. The average molecular weight is 238 g/mol. The molecule has 2 heterocycles. The van der Waals surface area contributed by atoms with E-state index in [1.807, 2.05) is 11.0 Å². The summed E-state index contributed by atoms with van der Waals surface area (Å²) in [6.07, 6.45) is 2.13. The van der Waals surface area contributed by atoms with Gasteiger partial charge in [-0.05, 0) is 38.1 Å². The molecule has 3 nitrogen and oxygen atoms in total. The molecule has 1 amide bonds. The van der Waals surface area contributed by atoms with Crippen molar-refractivity contribution < 1.29 is 4.79 Å². The fourth-order valence-electron chi connectivity index (χ4n) is 2.16. The molecule has 1 aromatic rings. The minimum atomic E-state index is -0.764. The molecule has 4 heteroatoms. The van der Waals surface area contributed by atoms with Gasteiger partial charge in [-0.3, -0.25) is 4.79 Å². The molecule has 0 saturated carbocycles. The van der Waals surface area contributed by atoms with Gasteiger partial charge in [-0.2, -0.15) is 0 Å². The number of carbonyl (C=O) groups excluding carboxylic acids is 1. The monoisotopic (exact) mass is 238 g/mol. The predicted octanol–water partition coefficient (Wildman–Crippen LogP) is 2.15. The Hall–Kier alpha value is -0.870. The van der Waals surface area contributed by atoms with Gasteiger partial charge in [0.2, 0.25) is 5.91 Å². The molecule has 2 rings (SSSR count). The summed E-state index contributed by atoms with van der Waals surface area (Å²) in [6, 6.07) is 4.38. The van der Waals surface area contributed by atoms with Crippen LogP contribution in [0.15, 0.2) is 17.5 Å². The largest absolute Gasteiger partial charge is 0.333 e. The molecular weight excluding hydrogens is 220 g/mol. The van der Waals surface area contributed by atoms with Crippen molar-refractivity contribution in [1.82, 2.24) is 4.90 Å². The van der Waals surface area contributed by atoms with Crippen molar-refractivity contribution in [3.05, 3.63) is 22.4 Å². The van der Waals surface area contributed by atoms with Crippen molar-refractivity contribution in [3.8, 4) is 0 Å². The molecule has 88 valence electrons. The average Bonchev–Trinajstić information content (AvgIpc) is 2.85. The number of likely N-dealkylation sites (tertiary alicyclic amines) is 1. The van der Waals surface area contributed by atoms with E-state index >= 15 is 0 Å². The topological polar surface area (TPSA) is 46.3 Å². The Labute approximate surface area is 100 Å². The Morgan fingerprint density at radius 2 is 2.38 bits per heavy atom. The van der Waals surface area contributed by atoms with E-state index < -0.39 is 5.54 Å². The third-order valence-corrected chi connectivity index (χ3v) is 3.91. The van der Waals surface area contributed by atoms with Crippen molar-refractivity contribution in [1.29, 1.82) is 0 Å². The van der Waals surface area contributed by atoms with Gasteiger partial charge in [0.1, 0.15) is 0 Å². The van der Waals surface area contributed by atoms with E-state index in [9.17, 15) is 4.79 Å². The number of nitrogens with zero attached hydrogens (tertiary/aromatic N) is 1. The van der Waals surface area contributed by atoms with Crippen LogP contribution in [0.25, 0.3) is 0 Å². The van der Waals surface area contributed by atoms with Gasteiger partial charge < -0.3 is 10.6 Å². The normalized spacial score (nSPS) is 21.4. The summed E-state index contributed by atoms with van der Waals surface area (Å²) in [5.41, 5.74) is 5.12. The zero-order valence-corrected chi connectivity index (χ0v) is 10.6. The highest BCUT2D eigenvalue weighted by Gasteiger charge is 2.36. The van der Waals surface area contributed by atoms with Crippen LogP contribution in [0.1, 0.15) is 37.6 Å². The first-order valence-electron chi connectivity index (χ1n) is 5.63. The Bertz CT molecular complexity index is 367. The highest BCUT2D eigenvalue weighted by atomic mass is 32.1. The highest BCUT2D eigenvalue weighted by molar-refractivity contribution is 7.10. The molecule has 1 fully saturated rings. The molecule has 2 N–H and O–H groups in total. The molecule has 1 unspecified atom stereocenters. The molecule has 1 aromatic heterocycles. The number of thiophene rings is 1. The third-order valence-electron chi connectivity index (χ3n) is 2.94. The lowest BCUT2D eigenvalue weighted by atomic mass is 10.0. The Balaban J connectivity index is 2.19. The van der Waals surface area contributed by atoms with E-state index in [1.165, 1.54) is 4.88 Å². The van der Waals surface area contributed by atoms with Crippen LogP contribution in [0.5, 0.6) is 0 Å². The molecule has 1 aliphatic rings. The molecule has 0 radical (unpaired) electrons. The fraction of sp³-hybridized carbons (Fsp3) is 0.583. The van der Waals surface area contributed by atoms with E-state index in [1.54, 1.807) is 25.2 Å². The second kappa shape index (κ2) is 4.18. The highest BCUT2D eigenvalue weighted by Crippen LogP contribution is 2.35. The van der Waals surface area contributed by atoms with E-state index in [0.717, 1.165) is 19.4 Å². The van der Waals surface area contributed by atoms with Gasteiger partial charge in [0.05, 0.1) is 11.6 Å². The second-order valence-corrected chi connectivity index (χ2v) is 5.87. The van der Waals surface area contributed by atoms with Crippen molar-refractivity contribution in [3.63, 3.8) is 0 Å². The Morgan fingerprint density at radius 3 is 2.94 bits per heavy atom. The number of nitrogens with two attached hydrogens (primary N) is 1. The summed E-state index contributed by atoms with van der Waals surface area (Å²) < 4.78 is 0. The number of carbonyl (C=O) groups is 1. The minimum absolute atomic E-state index is 0.0587. The number of amides is 1. The summed E-state index contributed by atoms with van der Waals surface area (Å²) in [5, 5.41) is 2.06. The van der Waals surface area contributed by atoms with Crippen LogP contribution in [0, 0.1) is 0 Å². The zero-order valence-electron chi connectivity index (χ0n) is 9.77. The molecule has 0 spiro atoms. The summed E-state index contributed by atoms with van der Waals surface area (Å²) in [5.74, 6) is 0.0587. The van der Waals surface area contributed by atoms with E-state index in [4.69, 9.17) is 5.73 Å². The van der Waals surface area contributed by atoms with E-state index in [0.29, 0.717) is 0 Å². The first-order chi connectivity index (χ1) is 7.50. The quantitative estimate of drug-likeness (QED) is 0.858. The summed E-state index contributed by atoms with van der Waals surface area (Å²) in [4.78, 5) is 15.4. The zero-order chi connectivity index (χ0) is 11.8. The minimum Gasteiger partial charge on any atom is -0.333 e. The first-order valence-corrected chi connectivity index (χ1v) is 6.51. The van der Waals surface area contributed by atoms with Gasteiger partial charge in [-0.15, -0.1) is 11.3 Å². The van der Waals surface area contributed by atoms with Crippen molar-refractivity contribution in [2.24, 2.45) is 5.73 Å². The fourth-order valence-corrected chi connectivity index (χ4v) is 3.03. The second-order valence-electron chi connectivity index (χ2n) is 4.89. The summed E-state index contributed by atoms with van der Waals surface area (Å²) >= 11 is 1.72. The number of hydrogen-bond donors (Lipinski definition) is 1. The lowest BCUT2D eigenvalue weighted by molar-refractivity contribution is -0.136. The third kappa shape index (κ3) is 2.13. The van der Waals surface area contributed by atoms with Crippen molar-refractivity contribution >= 4 is 17.2 Å². The van der Waals surface area contributed by atoms with Crippen LogP contribution in [0.2, 0.25) is 0 Å². The van der Waals surface area contributed by atoms with Crippen LogP contribution in [-0.4, -0.2) is 22.9 Å². The maximum atomic E-state index is 12.2. The standard InChI is InChI=1S/C12H18N2OS/c1-12(2,13)11(15)14-7-3-5-9(14)10-6-4-8-16-10/h4,6,8-9H,3,5,7,13H2,1-2H3. The van der Waals surface area contributed by atoms with Crippen LogP contribution >= 0.6 is 11.3 Å².